The summed E-state index contributed by atoms with van der Waals surface area (Å²) in [5.41, 5.74) is 3.22. The third kappa shape index (κ3) is 3.66. The number of hydrogen-bond acceptors (Lipinski definition) is 4. The van der Waals surface area contributed by atoms with Crippen LogP contribution in [-0.2, 0) is 4.79 Å². The molecule has 1 amide bonds. The number of hydrogen-bond donors (Lipinski definition) is 1. The van der Waals surface area contributed by atoms with Gasteiger partial charge in [0.1, 0.15) is 5.75 Å². The third-order valence-electron chi connectivity index (χ3n) is 5.52. The van der Waals surface area contributed by atoms with E-state index in [1.807, 2.05) is 66.7 Å². The Morgan fingerprint density at radius 1 is 0.967 bits per heavy atom. The minimum atomic E-state index is -0.448. The van der Waals surface area contributed by atoms with E-state index in [0.717, 1.165) is 16.9 Å². The molecule has 1 aliphatic rings. The molecule has 2 unspecified atom stereocenters. The van der Waals surface area contributed by atoms with Crippen molar-refractivity contribution in [3.63, 3.8) is 0 Å². The molecule has 152 valence electrons. The zero-order valence-corrected chi connectivity index (χ0v) is 17.0. The number of methoxy groups -OCH3 is 1. The second-order valence-electron chi connectivity index (χ2n) is 7.34. The van der Waals surface area contributed by atoms with Gasteiger partial charge in [0.25, 0.3) is 0 Å². The predicted octanol–water partition coefficient (Wildman–Crippen LogP) is 4.71. The first kappa shape index (κ1) is 19.7. The average molecular weight is 400 g/mol. The van der Waals surface area contributed by atoms with Gasteiger partial charge in [-0.15, -0.1) is 0 Å². The smallest absolute Gasteiger partial charge is 0.224 e. The Morgan fingerprint density at radius 3 is 2.43 bits per heavy atom. The van der Waals surface area contributed by atoms with E-state index >= 15 is 0 Å². The Kier molecular flexibility index (Phi) is 5.53. The Balaban J connectivity index is 1.83. The molecule has 1 aliphatic heterocycles. The summed E-state index contributed by atoms with van der Waals surface area (Å²) in [6.07, 6.45) is 0. The Hall–Kier alpha value is -3.60. The Morgan fingerprint density at radius 2 is 1.70 bits per heavy atom. The monoisotopic (exact) mass is 400 g/mol. The van der Waals surface area contributed by atoms with Crippen LogP contribution in [0.3, 0.4) is 0 Å². The second-order valence-corrected chi connectivity index (χ2v) is 7.34. The zero-order chi connectivity index (χ0) is 21.1. The molecule has 4 rings (SSSR count). The van der Waals surface area contributed by atoms with E-state index in [1.165, 1.54) is 0 Å². The Bertz CT molecular complexity index is 1060. The summed E-state index contributed by atoms with van der Waals surface area (Å²) in [6, 6.07) is 24.1. The maximum atomic E-state index is 13.6. The van der Waals surface area contributed by atoms with Crippen molar-refractivity contribution < 1.29 is 14.3 Å². The predicted molar refractivity (Wildman–Crippen MR) is 118 cm³/mol. The molecule has 0 aromatic heterocycles. The molecule has 0 aliphatic carbocycles. The van der Waals surface area contributed by atoms with Crippen molar-refractivity contribution in [2.45, 2.75) is 13.0 Å². The van der Waals surface area contributed by atoms with Crippen LogP contribution in [0.4, 0.5) is 11.4 Å². The van der Waals surface area contributed by atoms with E-state index in [2.05, 4.69) is 5.32 Å². The molecule has 3 aromatic carbocycles. The van der Waals surface area contributed by atoms with Crippen molar-refractivity contribution >= 4 is 23.1 Å². The largest absolute Gasteiger partial charge is 0.497 e. The van der Waals surface area contributed by atoms with Crippen LogP contribution in [-0.4, -0.2) is 25.3 Å². The first-order valence-electron chi connectivity index (χ1n) is 9.96. The van der Waals surface area contributed by atoms with E-state index in [4.69, 9.17) is 4.74 Å². The maximum absolute atomic E-state index is 13.6. The highest BCUT2D eigenvalue weighted by atomic mass is 16.5. The first-order valence-corrected chi connectivity index (χ1v) is 9.96. The molecule has 3 aromatic rings. The number of nitrogens with zero attached hydrogens (tertiary/aromatic N) is 1. The molecular formula is C25H24N2O3. The van der Waals surface area contributed by atoms with Crippen molar-refractivity contribution in [3.05, 3.63) is 90.0 Å². The summed E-state index contributed by atoms with van der Waals surface area (Å²) in [6.45, 7) is 1.99. The quantitative estimate of drug-likeness (QED) is 0.630. The highest BCUT2D eigenvalue weighted by molar-refractivity contribution is 6.02. The molecular weight excluding hydrogens is 376 g/mol. The molecule has 0 fully saturated rings. The average Bonchev–Trinajstić information content (AvgIpc) is 2.79. The fourth-order valence-electron chi connectivity index (χ4n) is 4.14. The third-order valence-corrected chi connectivity index (χ3v) is 5.52. The van der Waals surface area contributed by atoms with Gasteiger partial charge in [-0.3, -0.25) is 9.59 Å². The van der Waals surface area contributed by atoms with Crippen LogP contribution in [0.2, 0.25) is 0 Å². The van der Waals surface area contributed by atoms with Gasteiger partial charge >= 0.3 is 0 Å². The van der Waals surface area contributed by atoms with Crippen molar-refractivity contribution in [2.24, 2.45) is 5.92 Å². The first-order chi connectivity index (χ1) is 14.6. The van der Waals surface area contributed by atoms with E-state index in [-0.39, 0.29) is 11.7 Å². The molecule has 0 saturated carbocycles. The van der Waals surface area contributed by atoms with Gasteiger partial charge in [0.05, 0.1) is 19.1 Å². The molecule has 1 heterocycles. The summed E-state index contributed by atoms with van der Waals surface area (Å²) < 4.78 is 5.30. The number of anilines is 2. The Labute approximate surface area is 176 Å². The van der Waals surface area contributed by atoms with Crippen molar-refractivity contribution in [1.29, 1.82) is 0 Å². The number of benzene rings is 3. The van der Waals surface area contributed by atoms with Crippen molar-refractivity contribution in [3.8, 4) is 5.75 Å². The SMILES string of the molecule is COc1cccc(C(=O)C2CNc3ccccc3C2N(C(C)=O)c2ccccc2)c1. The molecule has 0 spiro atoms. The summed E-state index contributed by atoms with van der Waals surface area (Å²) in [5.74, 6) is 0.0543. The van der Waals surface area contributed by atoms with Crippen LogP contribution in [0.15, 0.2) is 78.9 Å². The van der Waals surface area contributed by atoms with Gasteiger partial charge in [-0.1, -0.05) is 48.5 Å². The van der Waals surface area contributed by atoms with Crippen LogP contribution in [0.5, 0.6) is 5.75 Å². The van der Waals surface area contributed by atoms with Crippen LogP contribution < -0.4 is 15.0 Å². The van der Waals surface area contributed by atoms with Gasteiger partial charge in [0.2, 0.25) is 5.91 Å². The van der Waals surface area contributed by atoms with Crippen molar-refractivity contribution in [2.75, 3.05) is 23.9 Å². The lowest BCUT2D eigenvalue weighted by Gasteiger charge is -2.40. The van der Waals surface area contributed by atoms with Gasteiger partial charge in [0.15, 0.2) is 5.78 Å². The molecule has 1 N–H and O–H groups in total. The number of ether oxygens (including phenoxy) is 1. The number of fused-ring (bicyclic) bond motifs is 1. The highest BCUT2D eigenvalue weighted by Crippen LogP contribution is 2.41. The second kappa shape index (κ2) is 8.41. The van der Waals surface area contributed by atoms with Crippen LogP contribution in [0.1, 0.15) is 28.9 Å². The fourth-order valence-corrected chi connectivity index (χ4v) is 4.14. The summed E-state index contributed by atoms with van der Waals surface area (Å²) in [5, 5.41) is 3.38. The lowest BCUT2D eigenvalue weighted by molar-refractivity contribution is -0.117. The minimum Gasteiger partial charge on any atom is -0.497 e. The number of Topliss-reactive ketones (excluding diaryl/α,β-unsaturated/α-hetero) is 1. The molecule has 30 heavy (non-hydrogen) atoms. The van der Waals surface area contributed by atoms with E-state index in [1.54, 1.807) is 31.1 Å². The number of rotatable bonds is 5. The van der Waals surface area contributed by atoms with Gasteiger partial charge in [-0.25, -0.2) is 0 Å². The number of para-hydroxylation sites is 2. The fraction of sp³-hybridized carbons (Fsp3) is 0.200. The van der Waals surface area contributed by atoms with Crippen LogP contribution >= 0.6 is 0 Å². The van der Waals surface area contributed by atoms with E-state index < -0.39 is 12.0 Å². The number of amides is 1. The highest BCUT2D eigenvalue weighted by Gasteiger charge is 2.40. The summed E-state index contributed by atoms with van der Waals surface area (Å²) >= 11 is 0. The number of ketones is 1. The van der Waals surface area contributed by atoms with Crippen molar-refractivity contribution in [1.82, 2.24) is 0 Å². The molecule has 5 heteroatoms. The van der Waals surface area contributed by atoms with Crippen LogP contribution in [0, 0.1) is 5.92 Å². The van der Waals surface area contributed by atoms with Gasteiger partial charge in [0, 0.05) is 30.4 Å². The maximum Gasteiger partial charge on any atom is 0.224 e. The van der Waals surface area contributed by atoms with Gasteiger partial charge in [-0.05, 0) is 35.9 Å². The lowest BCUT2D eigenvalue weighted by atomic mass is 9.81. The van der Waals surface area contributed by atoms with E-state index in [9.17, 15) is 9.59 Å². The molecule has 5 nitrogen and oxygen atoms in total. The van der Waals surface area contributed by atoms with Crippen LogP contribution in [0.25, 0.3) is 0 Å². The minimum absolute atomic E-state index is 0.0249. The van der Waals surface area contributed by atoms with Gasteiger partial charge in [-0.2, -0.15) is 0 Å². The number of carbonyl (C=O) groups is 2. The molecule has 0 radical (unpaired) electrons. The number of carbonyl (C=O) groups excluding carboxylic acids is 2. The standard InChI is InChI=1S/C25H24N2O3/c1-17(28)27(19-10-4-3-5-11-19)24-21-13-6-7-14-23(21)26-16-22(24)25(29)18-9-8-12-20(15-18)30-2/h3-15,22,24,26H,16H2,1-2H3. The van der Waals surface area contributed by atoms with Gasteiger partial charge < -0.3 is 15.0 Å². The molecule has 0 bridgehead atoms. The summed E-state index contributed by atoms with van der Waals surface area (Å²) in [7, 11) is 1.58. The lowest BCUT2D eigenvalue weighted by Crippen LogP contribution is -2.45. The normalized spacial score (nSPS) is 17.4. The van der Waals surface area contributed by atoms with E-state index in [0.29, 0.717) is 17.9 Å². The number of nitrogens with one attached hydrogen (secondary N) is 1. The topological polar surface area (TPSA) is 58.6 Å². The molecule has 0 saturated heterocycles. The zero-order valence-electron chi connectivity index (χ0n) is 17.0. The summed E-state index contributed by atoms with van der Waals surface area (Å²) in [4.78, 5) is 28.2. The molecule has 2 atom stereocenters.